The van der Waals surface area contributed by atoms with Crippen molar-refractivity contribution in [1.82, 2.24) is 0 Å². The highest BCUT2D eigenvalue weighted by Crippen LogP contribution is 2.15. The van der Waals surface area contributed by atoms with Gasteiger partial charge in [-0.05, 0) is 11.6 Å². The van der Waals surface area contributed by atoms with Crippen LogP contribution in [0.2, 0.25) is 0 Å². The number of carbonyl (C=O) groups is 1. The van der Waals surface area contributed by atoms with Crippen molar-refractivity contribution in [3.8, 4) is 0 Å². The Kier molecular flexibility index (Phi) is 4.25. The number of benzene rings is 1. The van der Waals surface area contributed by atoms with Crippen LogP contribution in [-0.4, -0.2) is 18.8 Å². The van der Waals surface area contributed by atoms with Gasteiger partial charge in [-0.1, -0.05) is 36.4 Å². The van der Waals surface area contributed by atoms with Gasteiger partial charge in [-0.2, -0.15) is 0 Å². The number of halogens is 3. The number of rotatable bonds is 4. The van der Waals surface area contributed by atoms with E-state index in [1.54, 1.807) is 30.3 Å². The van der Waals surface area contributed by atoms with Crippen molar-refractivity contribution in [2.24, 2.45) is 0 Å². The quantitative estimate of drug-likeness (QED) is 0.743. The molecule has 0 amide bonds. The maximum absolute atomic E-state index is 11.6. The van der Waals surface area contributed by atoms with Gasteiger partial charge >= 0.3 is 6.36 Å². The van der Waals surface area contributed by atoms with Crippen molar-refractivity contribution < 1.29 is 22.7 Å². The van der Waals surface area contributed by atoms with Crippen LogP contribution in [0.25, 0.3) is 6.08 Å². The predicted octanol–water partition coefficient (Wildman–Crippen LogP) is 2.81. The maximum atomic E-state index is 11.6. The molecule has 0 saturated heterocycles. The first kappa shape index (κ1) is 12.4. The van der Waals surface area contributed by atoms with Crippen LogP contribution in [0.4, 0.5) is 13.2 Å². The monoisotopic (exact) mass is 230 g/mol. The molecule has 0 atom stereocenters. The molecule has 0 aliphatic carbocycles. The van der Waals surface area contributed by atoms with Crippen LogP contribution in [0, 0.1) is 0 Å². The summed E-state index contributed by atoms with van der Waals surface area (Å²) < 4.78 is 38.1. The minimum atomic E-state index is -4.77. The Labute approximate surface area is 90.3 Å². The number of hydrogen-bond donors (Lipinski definition) is 0. The third-order valence-corrected chi connectivity index (χ3v) is 1.64. The van der Waals surface area contributed by atoms with Crippen molar-refractivity contribution in [3.05, 3.63) is 42.0 Å². The fourth-order valence-electron chi connectivity index (χ4n) is 0.954. The lowest BCUT2D eigenvalue weighted by molar-refractivity contribution is -0.320. The molecule has 0 aliphatic rings. The van der Waals surface area contributed by atoms with Gasteiger partial charge in [0.25, 0.3) is 0 Å². The summed E-state index contributed by atoms with van der Waals surface area (Å²) in [6.07, 6.45) is -2.28. The van der Waals surface area contributed by atoms with Gasteiger partial charge in [-0.25, -0.2) is 0 Å². The van der Waals surface area contributed by atoms with E-state index >= 15 is 0 Å². The summed E-state index contributed by atoms with van der Waals surface area (Å²) in [5.41, 5.74) is 0.739. The van der Waals surface area contributed by atoms with Crippen molar-refractivity contribution >= 4 is 11.9 Å². The first-order valence-electron chi connectivity index (χ1n) is 4.44. The second-order valence-corrected chi connectivity index (χ2v) is 2.94. The van der Waals surface area contributed by atoms with Crippen LogP contribution in [0.3, 0.4) is 0 Å². The fourth-order valence-corrected chi connectivity index (χ4v) is 0.954. The van der Waals surface area contributed by atoms with E-state index in [0.717, 1.165) is 11.6 Å². The normalized spacial score (nSPS) is 11.9. The van der Waals surface area contributed by atoms with Crippen molar-refractivity contribution in [2.45, 2.75) is 6.36 Å². The molecule has 1 rings (SSSR count). The number of carbonyl (C=O) groups excluding carboxylic acids is 1. The second kappa shape index (κ2) is 5.46. The Morgan fingerprint density at radius 1 is 1.25 bits per heavy atom. The summed E-state index contributed by atoms with van der Waals surface area (Å²) in [5.74, 6) is -0.735. The van der Waals surface area contributed by atoms with Crippen LogP contribution >= 0.6 is 0 Å². The lowest BCUT2D eigenvalue weighted by atomic mass is 10.2. The van der Waals surface area contributed by atoms with E-state index in [1.165, 1.54) is 6.08 Å². The number of ether oxygens (including phenoxy) is 1. The summed E-state index contributed by atoms with van der Waals surface area (Å²) in [5, 5.41) is 0. The van der Waals surface area contributed by atoms with Crippen molar-refractivity contribution in [1.29, 1.82) is 0 Å². The van der Waals surface area contributed by atoms with Crippen molar-refractivity contribution in [3.63, 3.8) is 0 Å². The SMILES string of the molecule is O=C(/C=C/c1ccccc1)COC(F)(F)F. The van der Waals surface area contributed by atoms with Crippen LogP contribution in [0.1, 0.15) is 5.56 Å². The van der Waals surface area contributed by atoms with Gasteiger partial charge in [-0.15, -0.1) is 13.2 Å². The second-order valence-electron chi connectivity index (χ2n) is 2.94. The summed E-state index contributed by atoms with van der Waals surface area (Å²) >= 11 is 0. The van der Waals surface area contributed by atoms with Crippen LogP contribution < -0.4 is 0 Å². The molecule has 0 spiro atoms. The van der Waals surface area contributed by atoms with Gasteiger partial charge in [0.1, 0.15) is 6.61 Å². The molecule has 86 valence electrons. The summed E-state index contributed by atoms with van der Waals surface area (Å²) in [4.78, 5) is 11.0. The predicted molar refractivity (Wildman–Crippen MR) is 52.5 cm³/mol. The van der Waals surface area contributed by atoms with E-state index < -0.39 is 18.8 Å². The highest BCUT2D eigenvalue weighted by atomic mass is 19.4. The average molecular weight is 230 g/mol. The molecule has 0 radical (unpaired) electrons. The molecule has 5 heteroatoms. The molecule has 0 bridgehead atoms. The Balaban J connectivity index is 2.43. The maximum Gasteiger partial charge on any atom is 0.522 e. The molecule has 0 unspecified atom stereocenters. The summed E-state index contributed by atoms with van der Waals surface area (Å²) in [6, 6.07) is 8.78. The molecule has 1 aromatic rings. The molecule has 0 fully saturated rings. The van der Waals surface area contributed by atoms with E-state index in [1.807, 2.05) is 0 Å². The van der Waals surface area contributed by atoms with Gasteiger partial charge < -0.3 is 0 Å². The third kappa shape index (κ3) is 5.31. The lowest BCUT2D eigenvalue weighted by Gasteiger charge is -2.03. The van der Waals surface area contributed by atoms with E-state index in [2.05, 4.69) is 4.74 Å². The highest BCUT2D eigenvalue weighted by molar-refractivity contribution is 5.94. The number of alkyl halides is 3. The minimum Gasteiger partial charge on any atom is -0.292 e. The zero-order valence-corrected chi connectivity index (χ0v) is 8.20. The summed E-state index contributed by atoms with van der Waals surface area (Å²) in [6.45, 7) is -0.993. The zero-order chi connectivity index (χ0) is 12.0. The molecule has 1 aromatic carbocycles. The minimum absolute atomic E-state index is 0.735. The molecule has 16 heavy (non-hydrogen) atoms. The highest BCUT2D eigenvalue weighted by Gasteiger charge is 2.29. The standard InChI is InChI=1S/C11H9F3O2/c12-11(13,14)16-8-10(15)7-6-9-4-2-1-3-5-9/h1-7H,8H2/b7-6+. The summed E-state index contributed by atoms with van der Waals surface area (Å²) in [7, 11) is 0. The zero-order valence-electron chi connectivity index (χ0n) is 8.20. The number of ketones is 1. The molecular formula is C11H9F3O2. The van der Waals surface area contributed by atoms with E-state index in [0.29, 0.717) is 0 Å². The van der Waals surface area contributed by atoms with Crippen LogP contribution in [0.5, 0.6) is 0 Å². The van der Waals surface area contributed by atoms with Gasteiger partial charge in [0.15, 0.2) is 5.78 Å². The molecule has 0 N–H and O–H groups in total. The molecule has 2 nitrogen and oxygen atoms in total. The molecule has 0 heterocycles. The Morgan fingerprint density at radius 2 is 1.88 bits per heavy atom. The Morgan fingerprint density at radius 3 is 2.44 bits per heavy atom. The average Bonchev–Trinajstić information content (AvgIpc) is 2.24. The topological polar surface area (TPSA) is 26.3 Å². The molecule has 0 saturated carbocycles. The first-order chi connectivity index (χ1) is 7.47. The van der Waals surface area contributed by atoms with E-state index in [4.69, 9.17) is 0 Å². The van der Waals surface area contributed by atoms with E-state index in [9.17, 15) is 18.0 Å². The Hall–Kier alpha value is -1.62. The van der Waals surface area contributed by atoms with Gasteiger partial charge in [0, 0.05) is 0 Å². The van der Waals surface area contributed by atoms with Gasteiger partial charge in [0.05, 0.1) is 0 Å². The smallest absolute Gasteiger partial charge is 0.292 e. The van der Waals surface area contributed by atoms with Crippen molar-refractivity contribution in [2.75, 3.05) is 6.61 Å². The molecule has 0 aliphatic heterocycles. The lowest BCUT2D eigenvalue weighted by Crippen LogP contribution is -2.18. The number of hydrogen-bond acceptors (Lipinski definition) is 2. The van der Waals surface area contributed by atoms with Crippen LogP contribution in [-0.2, 0) is 9.53 Å². The third-order valence-electron chi connectivity index (χ3n) is 1.64. The fraction of sp³-hybridized carbons (Fsp3) is 0.182. The van der Waals surface area contributed by atoms with Crippen LogP contribution in [0.15, 0.2) is 36.4 Å². The van der Waals surface area contributed by atoms with Gasteiger partial charge in [-0.3, -0.25) is 9.53 Å². The molecular weight excluding hydrogens is 221 g/mol. The van der Waals surface area contributed by atoms with E-state index in [-0.39, 0.29) is 0 Å². The van der Waals surface area contributed by atoms with Gasteiger partial charge in [0.2, 0.25) is 0 Å². The largest absolute Gasteiger partial charge is 0.522 e. The Bertz CT molecular complexity index is 369. The molecule has 0 aromatic heterocycles. The first-order valence-corrected chi connectivity index (χ1v) is 4.44.